The molecule has 0 radical (unpaired) electrons. The monoisotopic (exact) mass is 368 g/mol. The molecule has 1 N–H and O–H groups in total. The number of para-hydroxylation sites is 2. The van der Waals surface area contributed by atoms with E-state index in [9.17, 15) is 14.4 Å². The van der Waals surface area contributed by atoms with Gasteiger partial charge in [0.05, 0.1) is 23.5 Å². The van der Waals surface area contributed by atoms with Gasteiger partial charge in [-0.15, -0.1) is 0 Å². The molecule has 1 aliphatic rings. The third kappa shape index (κ3) is 4.44. The van der Waals surface area contributed by atoms with Gasteiger partial charge in [0.25, 0.3) is 5.91 Å². The second-order valence-corrected chi connectivity index (χ2v) is 5.99. The van der Waals surface area contributed by atoms with E-state index in [0.29, 0.717) is 29.3 Å². The van der Waals surface area contributed by atoms with E-state index in [1.165, 1.54) is 4.90 Å². The summed E-state index contributed by atoms with van der Waals surface area (Å²) in [5.74, 6) is -0.704. The number of nitrogens with one attached hydrogen (secondary N) is 1. The van der Waals surface area contributed by atoms with Gasteiger partial charge in [-0.25, -0.2) is 4.79 Å². The summed E-state index contributed by atoms with van der Waals surface area (Å²) in [6.07, 6.45) is 0.892. The lowest BCUT2D eigenvalue weighted by Gasteiger charge is -2.28. The van der Waals surface area contributed by atoms with Gasteiger partial charge in [-0.2, -0.15) is 0 Å². The number of anilines is 2. The van der Waals surface area contributed by atoms with Crippen LogP contribution in [0.25, 0.3) is 0 Å². The fourth-order valence-corrected chi connectivity index (χ4v) is 2.65. The minimum atomic E-state index is -0.611. The number of ether oxygens (including phenoxy) is 2. The summed E-state index contributed by atoms with van der Waals surface area (Å²) in [4.78, 5) is 37.7. The fraction of sp³-hybridized carbons (Fsp3) is 0.250. The summed E-state index contributed by atoms with van der Waals surface area (Å²) in [6.45, 7) is 2.04. The van der Waals surface area contributed by atoms with Crippen LogP contribution in [0.4, 0.5) is 11.4 Å². The third-order valence-electron chi connectivity index (χ3n) is 3.96. The summed E-state index contributed by atoms with van der Waals surface area (Å²) >= 11 is 0. The van der Waals surface area contributed by atoms with Crippen LogP contribution >= 0.6 is 0 Å². The van der Waals surface area contributed by atoms with Crippen molar-refractivity contribution in [1.29, 1.82) is 0 Å². The maximum atomic E-state index is 12.5. The van der Waals surface area contributed by atoms with Crippen LogP contribution in [0.1, 0.15) is 23.7 Å². The Labute approximate surface area is 156 Å². The first-order valence-corrected chi connectivity index (χ1v) is 8.67. The summed E-state index contributed by atoms with van der Waals surface area (Å²) in [5, 5.41) is 2.70. The molecule has 2 aromatic carbocycles. The molecule has 1 heterocycles. The van der Waals surface area contributed by atoms with E-state index >= 15 is 0 Å². The highest BCUT2D eigenvalue weighted by atomic mass is 16.5. The van der Waals surface area contributed by atoms with Crippen molar-refractivity contribution in [1.82, 2.24) is 0 Å². The van der Waals surface area contributed by atoms with E-state index in [1.807, 2.05) is 6.92 Å². The number of hydrogen-bond donors (Lipinski definition) is 1. The highest BCUT2D eigenvalue weighted by molar-refractivity contribution is 6.10. The van der Waals surface area contributed by atoms with Gasteiger partial charge in [0, 0.05) is 0 Å². The largest absolute Gasteiger partial charge is 0.494 e. The first-order valence-electron chi connectivity index (χ1n) is 8.67. The Balaban J connectivity index is 1.60. The molecule has 3 rings (SSSR count). The van der Waals surface area contributed by atoms with E-state index in [-0.39, 0.29) is 12.5 Å². The molecule has 0 saturated carbocycles. The minimum absolute atomic E-state index is 0.114. The Kier molecular flexibility index (Phi) is 5.71. The van der Waals surface area contributed by atoms with Gasteiger partial charge < -0.3 is 14.8 Å². The van der Waals surface area contributed by atoms with Crippen LogP contribution in [0.2, 0.25) is 0 Å². The topological polar surface area (TPSA) is 84.9 Å². The third-order valence-corrected chi connectivity index (χ3v) is 3.96. The first-order chi connectivity index (χ1) is 13.1. The number of esters is 1. The summed E-state index contributed by atoms with van der Waals surface area (Å²) in [5.41, 5.74) is 1.45. The number of hydrogen-bond acceptors (Lipinski definition) is 5. The highest BCUT2D eigenvalue weighted by Crippen LogP contribution is 2.28. The normalized spacial score (nSPS) is 12.8. The van der Waals surface area contributed by atoms with Crippen molar-refractivity contribution in [3.63, 3.8) is 0 Å². The Morgan fingerprint density at radius 3 is 2.59 bits per heavy atom. The smallest absolute Gasteiger partial charge is 0.338 e. The molecule has 1 aliphatic heterocycles. The summed E-state index contributed by atoms with van der Waals surface area (Å²) < 4.78 is 10.6. The van der Waals surface area contributed by atoms with Crippen molar-refractivity contribution in [2.24, 2.45) is 0 Å². The van der Waals surface area contributed by atoms with Gasteiger partial charge in [0.1, 0.15) is 12.3 Å². The van der Waals surface area contributed by atoms with Crippen LogP contribution in [0, 0.1) is 0 Å². The Morgan fingerprint density at radius 2 is 1.85 bits per heavy atom. The molecule has 0 spiro atoms. The van der Waals surface area contributed by atoms with E-state index < -0.39 is 18.5 Å². The summed E-state index contributed by atoms with van der Waals surface area (Å²) in [6, 6.07) is 13.5. The van der Waals surface area contributed by atoms with Crippen molar-refractivity contribution in [3.8, 4) is 5.75 Å². The van der Waals surface area contributed by atoms with Crippen LogP contribution in [0.15, 0.2) is 48.5 Å². The molecule has 7 heteroatoms. The fourth-order valence-electron chi connectivity index (χ4n) is 2.65. The van der Waals surface area contributed by atoms with Crippen molar-refractivity contribution in [2.75, 3.05) is 30.0 Å². The molecular formula is C20H20N2O5. The number of amides is 2. The van der Waals surface area contributed by atoms with Gasteiger partial charge in [0.2, 0.25) is 5.91 Å². The molecule has 0 saturated heterocycles. The van der Waals surface area contributed by atoms with Crippen LogP contribution in [0.5, 0.6) is 5.75 Å². The molecule has 0 bridgehead atoms. The molecule has 7 nitrogen and oxygen atoms in total. The van der Waals surface area contributed by atoms with Gasteiger partial charge in [-0.1, -0.05) is 19.1 Å². The van der Waals surface area contributed by atoms with E-state index in [1.54, 1.807) is 48.5 Å². The second kappa shape index (κ2) is 8.35. The number of benzene rings is 2. The molecule has 0 unspecified atom stereocenters. The molecule has 0 aliphatic carbocycles. The molecule has 27 heavy (non-hydrogen) atoms. The number of carbonyl (C=O) groups excluding carboxylic acids is 3. The van der Waals surface area contributed by atoms with Gasteiger partial charge in [-0.05, 0) is 42.8 Å². The average Bonchev–Trinajstić information content (AvgIpc) is 2.69. The van der Waals surface area contributed by atoms with Gasteiger partial charge >= 0.3 is 5.97 Å². The first kappa shape index (κ1) is 18.4. The van der Waals surface area contributed by atoms with Crippen molar-refractivity contribution >= 4 is 29.2 Å². The molecule has 0 atom stereocenters. The molecule has 140 valence electrons. The van der Waals surface area contributed by atoms with Gasteiger partial charge in [0.15, 0.2) is 6.61 Å². The predicted octanol–water partition coefficient (Wildman–Crippen LogP) is 2.62. The Morgan fingerprint density at radius 1 is 1.11 bits per heavy atom. The number of rotatable bonds is 6. The van der Waals surface area contributed by atoms with Gasteiger partial charge in [-0.3, -0.25) is 14.5 Å². The minimum Gasteiger partial charge on any atom is -0.494 e. The lowest BCUT2D eigenvalue weighted by Crippen LogP contribution is -2.44. The van der Waals surface area contributed by atoms with Crippen LogP contribution in [-0.4, -0.2) is 37.5 Å². The lowest BCUT2D eigenvalue weighted by molar-refractivity contribution is -0.124. The molecule has 2 aromatic rings. The maximum Gasteiger partial charge on any atom is 0.338 e. The standard InChI is InChI=1S/C20H20N2O5/c1-2-11-26-15-9-7-14(8-10-15)20(25)27-13-19(24)22-12-18(23)21-16-5-3-4-6-17(16)22/h3-10H,2,11-13H2,1H3,(H,21,23). The highest BCUT2D eigenvalue weighted by Gasteiger charge is 2.27. The molecule has 0 aromatic heterocycles. The second-order valence-electron chi connectivity index (χ2n) is 5.99. The van der Waals surface area contributed by atoms with Crippen molar-refractivity contribution < 1.29 is 23.9 Å². The number of carbonyl (C=O) groups is 3. The average molecular weight is 368 g/mol. The lowest BCUT2D eigenvalue weighted by atomic mass is 10.2. The van der Waals surface area contributed by atoms with Crippen LogP contribution in [0.3, 0.4) is 0 Å². The maximum absolute atomic E-state index is 12.5. The molecule has 0 fully saturated rings. The zero-order chi connectivity index (χ0) is 19.2. The quantitative estimate of drug-likeness (QED) is 0.793. The molecule has 2 amide bonds. The zero-order valence-corrected chi connectivity index (χ0v) is 14.9. The van der Waals surface area contributed by atoms with E-state index in [0.717, 1.165) is 6.42 Å². The zero-order valence-electron chi connectivity index (χ0n) is 14.9. The number of nitrogens with zero attached hydrogens (tertiary/aromatic N) is 1. The van der Waals surface area contributed by atoms with Crippen LogP contribution in [-0.2, 0) is 14.3 Å². The van der Waals surface area contributed by atoms with Crippen molar-refractivity contribution in [2.45, 2.75) is 13.3 Å². The van der Waals surface area contributed by atoms with Crippen LogP contribution < -0.4 is 15.0 Å². The van der Waals surface area contributed by atoms with E-state index in [2.05, 4.69) is 5.32 Å². The summed E-state index contributed by atoms with van der Waals surface area (Å²) in [7, 11) is 0. The molecular weight excluding hydrogens is 348 g/mol. The number of fused-ring (bicyclic) bond motifs is 1. The SMILES string of the molecule is CCCOc1ccc(C(=O)OCC(=O)N2CC(=O)Nc3ccccc32)cc1. The predicted molar refractivity (Wildman–Crippen MR) is 99.9 cm³/mol. The van der Waals surface area contributed by atoms with Crippen molar-refractivity contribution in [3.05, 3.63) is 54.1 Å². The van der Waals surface area contributed by atoms with E-state index in [4.69, 9.17) is 9.47 Å². The Bertz CT molecular complexity index is 848. The Hall–Kier alpha value is -3.35.